The first kappa shape index (κ1) is 40.0. The van der Waals surface area contributed by atoms with Crippen molar-refractivity contribution < 1.29 is 14.3 Å². The van der Waals surface area contributed by atoms with Gasteiger partial charge < -0.3 is 15.0 Å². The molecular weight excluding hydrogens is 647 g/mol. The molecule has 0 aliphatic heterocycles. The predicted octanol–water partition coefficient (Wildman–Crippen LogP) is 9.49. The normalized spacial score (nSPS) is 14.7. The highest BCUT2D eigenvalue weighted by Crippen LogP contribution is 2.32. The Morgan fingerprint density at radius 3 is 2.31 bits per heavy atom. The molecule has 1 aliphatic carbocycles. The van der Waals surface area contributed by atoms with Crippen LogP contribution in [0.3, 0.4) is 0 Å². The van der Waals surface area contributed by atoms with Crippen LogP contribution in [0.15, 0.2) is 101 Å². The predicted molar refractivity (Wildman–Crippen MR) is 216 cm³/mol. The lowest BCUT2D eigenvalue weighted by Gasteiger charge is -2.28. The number of carbonyl (C=O) groups is 2. The molecule has 8 heteroatoms. The number of nitrogens with one attached hydrogen (secondary N) is 1. The number of rotatable bonds is 18. The van der Waals surface area contributed by atoms with Crippen LogP contribution >= 0.6 is 0 Å². The van der Waals surface area contributed by atoms with Crippen LogP contribution < -0.4 is 14.5 Å². The fraction of sp³-hybridized carbons (Fsp3) is 0.409. The van der Waals surface area contributed by atoms with Gasteiger partial charge in [-0.25, -0.2) is 0 Å². The number of hydrogen-bond donors (Lipinski definition) is 1. The van der Waals surface area contributed by atoms with Gasteiger partial charge in [-0.3, -0.25) is 24.4 Å². The van der Waals surface area contributed by atoms with E-state index in [4.69, 9.17) is 15.1 Å². The average Bonchev–Trinajstić information content (AvgIpc) is 4.00. The van der Waals surface area contributed by atoms with E-state index in [0.29, 0.717) is 41.9 Å². The molecule has 3 aromatic carbocycles. The zero-order valence-electron chi connectivity index (χ0n) is 32.4. The molecule has 4 rings (SSSR count). The van der Waals surface area contributed by atoms with Crippen LogP contribution in [-0.2, 0) is 16.2 Å². The molecule has 2 amide bonds. The Balaban J connectivity index is 1.60. The van der Waals surface area contributed by atoms with Crippen molar-refractivity contribution in [3.8, 4) is 5.75 Å². The quantitative estimate of drug-likeness (QED) is 0.106. The van der Waals surface area contributed by atoms with Gasteiger partial charge in [0.15, 0.2) is 0 Å². The molecule has 0 bridgehead atoms. The number of nitrogens with zero attached hydrogens (tertiary/aromatic N) is 4. The number of anilines is 2. The molecule has 2 atom stereocenters. The maximum atomic E-state index is 14.5. The van der Waals surface area contributed by atoms with Crippen LogP contribution in [0.2, 0.25) is 0 Å². The average molecular weight is 704 g/mol. The van der Waals surface area contributed by atoms with Crippen molar-refractivity contribution in [1.29, 1.82) is 5.41 Å². The van der Waals surface area contributed by atoms with Gasteiger partial charge >= 0.3 is 0 Å². The van der Waals surface area contributed by atoms with Crippen LogP contribution in [0.5, 0.6) is 5.75 Å². The molecule has 3 aromatic rings. The number of carbonyl (C=O) groups excluding carboxylic acids is 2. The largest absolute Gasteiger partial charge is 0.489 e. The van der Waals surface area contributed by atoms with E-state index >= 15 is 0 Å². The maximum absolute atomic E-state index is 14.5. The van der Waals surface area contributed by atoms with E-state index in [1.165, 1.54) is 18.4 Å². The van der Waals surface area contributed by atoms with Gasteiger partial charge in [0.1, 0.15) is 12.4 Å². The first-order valence-corrected chi connectivity index (χ1v) is 18.6. The minimum Gasteiger partial charge on any atom is -0.489 e. The Morgan fingerprint density at radius 1 is 0.962 bits per heavy atom. The molecule has 0 spiro atoms. The lowest BCUT2D eigenvalue weighted by Crippen LogP contribution is -2.34. The second-order valence-electron chi connectivity index (χ2n) is 14.1. The summed E-state index contributed by atoms with van der Waals surface area (Å²) in [5.41, 5.74) is 5.97. The first-order chi connectivity index (χ1) is 24.9. The Bertz CT molecular complexity index is 1770. The van der Waals surface area contributed by atoms with Crippen LogP contribution in [0.1, 0.15) is 89.3 Å². The van der Waals surface area contributed by atoms with E-state index in [1.54, 1.807) is 29.8 Å². The summed E-state index contributed by atoms with van der Waals surface area (Å²) in [6.07, 6.45) is 9.77. The van der Waals surface area contributed by atoms with E-state index in [9.17, 15) is 9.59 Å². The van der Waals surface area contributed by atoms with E-state index in [-0.39, 0.29) is 35.8 Å². The lowest BCUT2D eigenvalue weighted by atomic mass is 9.91. The molecule has 0 heterocycles. The van der Waals surface area contributed by atoms with Gasteiger partial charge in [0.25, 0.3) is 0 Å². The van der Waals surface area contributed by atoms with Gasteiger partial charge in [-0.1, -0.05) is 68.8 Å². The van der Waals surface area contributed by atoms with Gasteiger partial charge in [0, 0.05) is 49.7 Å². The fourth-order valence-electron chi connectivity index (χ4n) is 6.07. The number of benzene rings is 3. The Hall–Kier alpha value is -4.82. The molecule has 1 aliphatic rings. The third-order valence-corrected chi connectivity index (χ3v) is 9.72. The number of amides is 2. The number of aliphatic imine (C=N–C) groups is 1. The molecule has 0 saturated heterocycles. The van der Waals surface area contributed by atoms with Gasteiger partial charge in [0.05, 0.1) is 17.1 Å². The number of hydrogen-bond acceptors (Lipinski definition) is 6. The minimum atomic E-state index is -0.141. The van der Waals surface area contributed by atoms with Gasteiger partial charge in [0.2, 0.25) is 11.8 Å². The zero-order valence-corrected chi connectivity index (χ0v) is 32.4. The molecule has 1 N–H and O–H groups in total. The monoisotopic (exact) mass is 703 g/mol. The van der Waals surface area contributed by atoms with Gasteiger partial charge in [-0.2, -0.15) is 0 Å². The van der Waals surface area contributed by atoms with Crippen molar-refractivity contribution in [2.75, 3.05) is 30.4 Å². The van der Waals surface area contributed by atoms with Crippen molar-refractivity contribution in [1.82, 2.24) is 4.90 Å². The third-order valence-electron chi connectivity index (χ3n) is 9.72. The molecule has 52 heavy (non-hydrogen) atoms. The van der Waals surface area contributed by atoms with E-state index in [0.717, 1.165) is 29.8 Å². The number of aryl methyl sites for hydroxylation is 1. The second kappa shape index (κ2) is 19.1. The second-order valence-corrected chi connectivity index (χ2v) is 14.1. The minimum absolute atomic E-state index is 0.0902. The maximum Gasteiger partial charge on any atom is 0.250 e. The Labute approximate surface area is 311 Å². The summed E-state index contributed by atoms with van der Waals surface area (Å²) in [6, 6.07) is 24.2. The number of allylic oxidation sites excluding steroid dienone is 2. The van der Waals surface area contributed by atoms with Gasteiger partial charge in [-0.15, -0.1) is 0 Å². The highest BCUT2D eigenvalue weighted by atomic mass is 16.5. The molecule has 8 nitrogen and oxygen atoms in total. The van der Waals surface area contributed by atoms with E-state index in [1.807, 2.05) is 79.9 Å². The SMILES string of the molecule is CCC(C)C=N/C(C)=C(\C(C)=N)N(C(=O)CC(CC)c1cccc(N(C)C(=O)C=CCN(C)C2CC2)c1)c1ccc(OCc2cccc(C)c2)cc1. The van der Waals surface area contributed by atoms with Crippen LogP contribution in [-0.4, -0.2) is 55.3 Å². The van der Waals surface area contributed by atoms with E-state index < -0.39 is 0 Å². The van der Waals surface area contributed by atoms with Crippen molar-refractivity contribution in [2.45, 2.75) is 92.2 Å². The summed E-state index contributed by atoms with van der Waals surface area (Å²) < 4.78 is 6.09. The van der Waals surface area contributed by atoms with Crippen molar-refractivity contribution in [2.24, 2.45) is 10.9 Å². The molecule has 2 unspecified atom stereocenters. The summed E-state index contributed by atoms with van der Waals surface area (Å²) in [7, 11) is 3.87. The molecule has 0 aromatic heterocycles. The molecular formula is C44H57N5O3. The Kier molecular flexibility index (Phi) is 14.7. The van der Waals surface area contributed by atoms with Crippen molar-refractivity contribution in [3.05, 3.63) is 113 Å². The van der Waals surface area contributed by atoms with Crippen LogP contribution in [0.4, 0.5) is 11.4 Å². The standard InChI is InChI=1S/C44H57N5O3/c1-9-31(3)29-46-34(6)44(33(5)45)49(39-21-23-41(24-22-39)52-30-35-15-11-14-32(4)26-35)43(51)28-36(10-2)37-16-12-17-40(27-37)48(8)42(50)18-13-25-47(7)38-19-20-38/h11-18,21-24,26-27,29,31,36,38,45H,9-10,19-20,25,28,30H2,1-8H3/b18-13?,44-34+,45-33?,46-29?. The van der Waals surface area contributed by atoms with Crippen molar-refractivity contribution in [3.63, 3.8) is 0 Å². The third kappa shape index (κ3) is 11.3. The fourth-order valence-corrected chi connectivity index (χ4v) is 6.07. The summed E-state index contributed by atoms with van der Waals surface area (Å²) in [5.74, 6) is 0.602. The van der Waals surface area contributed by atoms with Crippen LogP contribution in [0.25, 0.3) is 0 Å². The summed E-state index contributed by atoms with van der Waals surface area (Å²) in [5, 5.41) is 8.81. The highest BCUT2D eigenvalue weighted by molar-refractivity contribution is 6.10. The van der Waals surface area contributed by atoms with Crippen LogP contribution in [0, 0.1) is 18.3 Å². The van der Waals surface area contributed by atoms with Crippen molar-refractivity contribution >= 4 is 35.1 Å². The zero-order chi connectivity index (χ0) is 37.8. The summed E-state index contributed by atoms with van der Waals surface area (Å²) in [4.78, 5) is 37.9. The molecule has 0 radical (unpaired) electrons. The van der Waals surface area contributed by atoms with E-state index in [2.05, 4.69) is 51.8 Å². The number of ether oxygens (including phenoxy) is 1. The number of likely N-dealkylation sites (N-methyl/N-ethyl adjacent to an activating group) is 2. The lowest BCUT2D eigenvalue weighted by molar-refractivity contribution is -0.118. The van der Waals surface area contributed by atoms with Gasteiger partial charge in [-0.05, 0) is 113 Å². The summed E-state index contributed by atoms with van der Waals surface area (Å²) >= 11 is 0. The highest BCUT2D eigenvalue weighted by Gasteiger charge is 2.28. The smallest absolute Gasteiger partial charge is 0.250 e. The molecule has 1 fully saturated rings. The molecule has 276 valence electrons. The first-order valence-electron chi connectivity index (χ1n) is 18.6. The topological polar surface area (TPSA) is 89.3 Å². The summed E-state index contributed by atoms with van der Waals surface area (Å²) in [6.45, 7) is 13.1. The molecule has 1 saturated carbocycles. The Morgan fingerprint density at radius 2 is 1.67 bits per heavy atom.